The summed E-state index contributed by atoms with van der Waals surface area (Å²) in [7, 11) is 0. The summed E-state index contributed by atoms with van der Waals surface area (Å²) in [6, 6.07) is 1.51. The lowest BCUT2D eigenvalue weighted by Crippen LogP contribution is -2.29. The number of rotatable bonds is 1. The zero-order valence-corrected chi connectivity index (χ0v) is 8.36. The molecule has 0 aromatic heterocycles. The van der Waals surface area contributed by atoms with Gasteiger partial charge < -0.3 is 15.5 Å². The Bertz CT molecular complexity index is 337. The summed E-state index contributed by atoms with van der Waals surface area (Å²) in [5, 5.41) is 26.7. The van der Waals surface area contributed by atoms with Gasteiger partial charge in [0, 0.05) is 6.54 Å². The SMILES string of the molecule is N#CC1CNC(C(=O)O)C1.O=C(O)C(F)(F)F. The van der Waals surface area contributed by atoms with Crippen molar-refractivity contribution in [3.63, 3.8) is 0 Å². The van der Waals surface area contributed by atoms with E-state index in [2.05, 4.69) is 5.32 Å². The van der Waals surface area contributed by atoms with Gasteiger partial charge >= 0.3 is 18.1 Å². The third-order valence-corrected chi connectivity index (χ3v) is 1.85. The Labute approximate surface area is 93.6 Å². The molecule has 0 radical (unpaired) electrons. The van der Waals surface area contributed by atoms with Gasteiger partial charge in [-0.1, -0.05) is 0 Å². The summed E-state index contributed by atoms with van der Waals surface area (Å²) in [4.78, 5) is 19.2. The van der Waals surface area contributed by atoms with Crippen LogP contribution < -0.4 is 5.32 Å². The fourth-order valence-corrected chi connectivity index (χ4v) is 1.02. The molecule has 1 aliphatic rings. The Morgan fingerprint density at radius 3 is 2.00 bits per heavy atom. The van der Waals surface area contributed by atoms with Crippen molar-refractivity contribution in [3.05, 3.63) is 0 Å². The first-order chi connectivity index (χ1) is 7.68. The lowest BCUT2D eigenvalue weighted by Gasteiger charge is -1.99. The average Bonchev–Trinajstić information content (AvgIpc) is 2.65. The van der Waals surface area contributed by atoms with Gasteiger partial charge in [0.25, 0.3) is 0 Å². The number of carbonyl (C=O) groups is 2. The third-order valence-electron chi connectivity index (χ3n) is 1.85. The average molecular weight is 254 g/mol. The lowest BCUT2D eigenvalue weighted by atomic mass is 10.1. The van der Waals surface area contributed by atoms with Gasteiger partial charge in [0.05, 0.1) is 12.0 Å². The van der Waals surface area contributed by atoms with Crippen LogP contribution in [0.4, 0.5) is 13.2 Å². The summed E-state index contributed by atoms with van der Waals surface area (Å²) in [6.07, 6.45) is -4.65. The van der Waals surface area contributed by atoms with E-state index in [0.29, 0.717) is 13.0 Å². The Hall–Kier alpha value is -1.82. The molecule has 96 valence electrons. The third kappa shape index (κ3) is 5.72. The van der Waals surface area contributed by atoms with Gasteiger partial charge in [0.2, 0.25) is 0 Å². The molecule has 1 aliphatic heterocycles. The second-order valence-electron chi connectivity index (χ2n) is 3.16. The number of hydrogen-bond donors (Lipinski definition) is 3. The molecule has 1 heterocycles. The van der Waals surface area contributed by atoms with E-state index in [1.165, 1.54) is 0 Å². The van der Waals surface area contributed by atoms with E-state index in [4.69, 9.17) is 20.3 Å². The molecule has 0 spiro atoms. The van der Waals surface area contributed by atoms with Crippen molar-refractivity contribution in [2.75, 3.05) is 6.54 Å². The molecule has 6 nitrogen and oxygen atoms in total. The highest BCUT2D eigenvalue weighted by Gasteiger charge is 2.38. The van der Waals surface area contributed by atoms with Crippen molar-refractivity contribution in [1.29, 1.82) is 5.26 Å². The molecule has 9 heteroatoms. The van der Waals surface area contributed by atoms with Crippen LogP contribution in [-0.2, 0) is 9.59 Å². The molecule has 1 rings (SSSR count). The number of hydrogen-bond acceptors (Lipinski definition) is 4. The minimum atomic E-state index is -5.08. The van der Waals surface area contributed by atoms with Gasteiger partial charge in [-0.05, 0) is 6.42 Å². The molecule has 0 saturated carbocycles. The highest BCUT2D eigenvalue weighted by Crippen LogP contribution is 2.13. The summed E-state index contributed by atoms with van der Waals surface area (Å²) in [5.41, 5.74) is 0. The van der Waals surface area contributed by atoms with E-state index < -0.39 is 24.2 Å². The summed E-state index contributed by atoms with van der Waals surface area (Å²) in [5.74, 6) is -3.74. The van der Waals surface area contributed by atoms with E-state index in [1.807, 2.05) is 6.07 Å². The zero-order valence-electron chi connectivity index (χ0n) is 8.36. The molecular formula is C8H9F3N2O4. The first-order valence-corrected chi connectivity index (χ1v) is 4.34. The number of nitrogens with zero attached hydrogens (tertiary/aromatic N) is 1. The van der Waals surface area contributed by atoms with Crippen molar-refractivity contribution in [2.24, 2.45) is 5.92 Å². The maximum Gasteiger partial charge on any atom is 0.490 e. The number of halogens is 3. The van der Waals surface area contributed by atoms with Crippen LogP contribution in [0.1, 0.15) is 6.42 Å². The highest BCUT2D eigenvalue weighted by atomic mass is 19.4. The normalized spacial score (nSPS) is 23.2. The van der Waals surface area contributed by atoms with Crippen LogP contribution in [0.25, 0.3) is 0 Å². The van der Waals surface area contributed by atoms with E-state index in [-0.39, 0.29) is 5.92 Å². The molecule has 2 unspecified atom stereocenters. The van der Waals surface area contributed by atoms with Gasteiger partial charge in [0.15, 0.2) is 0 Å². The van der Waals surface area contributed by atoms with Gasteiger partial charge in [0.1, 0.15) is 6.04 Å². The Morgan fingerprint density at radius 2 is 1.82 bits per heavy atom. The van der Waals surface area contributed by atoms with Crippen LogP contribution in [0.2, 0.25) is 0 Å². The topological polar surface area (TPSA) is 110 Å². The van der Waals surface area contributed by atoms with Crippen LogP contribution in [0.5, 0.6) is 0 Å². The molecule has 0 aromatic carbocycles. The van der Waals surface area contributed by atoms with Gasteiger partial charge in [-0.15, -0.1) is 0 Å². The number of carboxylic acids is 2. The predicted molar refractivity (Wildman–Crippen MR) is 46.8 cm³/mol. The van der Waals surface area contributed by atoms with Crippen molar-refractivity contribution in [2.45, 2.75) is 18.6 Å². The summed E-state index contributed by atoms with van der Waals surface area (Å²) < 4.78 is 31.7. The summed E-state index contributed by atoms with van der Waals surface area (Å²) >= 11 is 0. The molecule has 3 N–H and O–H groups in total. The molecule has 1 fully saturated rings. The van der Waals surface area contributed by atoms with E-state index in [9.17, 15) is 18.0 Å². The van der Waals surface area contributed by atoms with Crippen LogP contribution >= 0.6 is 0 Å². The minimum Gasteiger partial charge on any atom is -0.480 e. The van der Waals surface area contributed by atoms with Crippen LogP contribution in [0, 0.1) is 17.2 Å². The van der Waals surface area contributed by atoms with Gasteiger partial charge in [-0.2, -0.15) is 18.4 Å². The second kappa shape index (κ2) is 6.05. The molecule has 17 heavy (non-hydrogen) atoms. The van der Waals surface area contributed by atoms with Crippen molar-refractivity contribution >= 4 is 11.9 Å². The molecular weight excluding hydrogens is 245 g/mol. The lowest BCUT2D eigenvalue weighted by molar-refractivity contribution is -0.192. The molecule has 1 saturated heterocycles. The maximum absolute atomic E-state index is 10.6. The van der Waals surface area contributed by atoms with Crippen molar-refractivity contribution in [3.8, 4) is 6.07 Å². The standard InChI is InChI=1S/C6H8N2O2.C2HF3O2/c7-2-4-1-5(6(9)10)8-3-4;3-2(4,5)1(6)7/h4-5,8H,1,3H2,(H,9,10);(H,6,7). The monoisotopic (exact) mass is 254 g/mol. The predicted octanol–water partition coefficient (Wildman–Crippen LogP) is 0.206. The van der Waals surface area contributed by atoms with Crippen LogP contribution in [0.15, 0.2) is 0 Å². The minimum absolute atomic E-state index is 0.124. The van der Waals surface area contributed by atoms with Crippen molar-refractivity contribution in [1.82, 2.24) is 5.32 Å². The number of alkyl halides is 3. The Morgan fingerprint density at radius 1 is 1.35 bits per heavy atom. The smallest absolute Gasteiger partial charge is 0.480 e. The number of nitriles is 1. The molecule has 0 amide bonds. The fraction of sp³-hybridized carbons (Fsp3) is 0.625. The molecule has 0 aliphatic carbocycles. The number of carboxylic acid groups (broad SMARTS) is 2. The summed E-state index contributed by atoms with van der Waals surface area (Å²) in [6.45, 7) is 0.507. The largest absolute Gasteiger partial charge is 0.490 e. The van der Waals surface area contributed by atoms with E-state index >= 15 is 0 Å². The van der Waals surface area contributed by atoms with Crippen molar-refractivity contribution < 1.29 is 33.0 Å². The van der Waals surface area contributed by atoms with E-state index in [0.717, 1.165) is 0 Å². The van der Waals surface area contributed by atoms with Gasteiger partial charge in [-0.3, -0.25) is 4.79 Å². The quantitative estimate of drug-likeness (QED) is 0.616. The molecule has 0 bridgehead atoms. The first-order valence-electron chi connectivity index (χ1n) is 4.34. The highest BCUT2D eigenvalue weighted by molar-refractivity contribution is 5.74. The first kappa shape index (κ1) is 15.2. The maximum atomic E-state index is 10.6. The zero-order chi connectivity index (χ0) is 13.6. The van der Waals surface area contributed by atoms with Gasteiger partial charge in [-0.25, -0.2) is 4.79 Å². The molecule has 0 aromatic rings. The van der Waals surface area contributed by atoms with Crippen LogP contribution in [-0.4, -0.2) is 40.9 Å². The van der Waals surface area contributed by atoms with E-state index in [1.54, 1.807) is 0 Å². The molecule has 2 atom stereocenters. The number of aliphatic carboxylic acids is 2. The number of nitrogens with one attached hydrogen (secondary N) is 1. The Balaban J connectivity index is 0.000000325. The second-order valence-corrected chi connectivity index (χ2v) is 3.16. The Kier molecular flexibility index (Phi) is 5.40. The van der Waals surface area contributed by atoms with Crippen LogP contribution in [0.3, 0.4) is 0 Å². The fourth-order valence-electron chi connectivity index (χ4n) is 1.02.